The Kier molecular flexibility index (Phi) is 8.54. The van der Waals surface area contributed by atoms with E-state index in [0.29, 0.717) is 38.6 Å². The molecule has 0 N–H and O–H groups in total. The van der Waals surface area contributed by atoms with Gasteiger partial charge in [0.1, 0.15) is 6.61 Å². The van der Waals surface area contributed by atoms with Crippen molar-refractivity contribution in [2.45, 2.75) is 0 Å². The molecule has 0 aliphatic rings. The number of hydrogen-bond acceptors (Lipinski definition) is 6. The van der Waals surface area contributed by atoms with Crippen molar-refractivity contribution in [2.24, 2.45) is 0 Å². The van der Waals surface area contributed by atoms with Gasteiger partial charge in [0, 0.05) is 19.5 Å². The van der Waals surface area contributed by atoms with E-state index in [4.69, 9.17) is 18.9 Å². The van der Waals surface area contributed by atoms with Crippen molar-refractivity contribution in [2.75, 3.05) is 46.8 Å². The molecular formula is C13H19NO5. The van der Waals surface area contributed by atoms with Crippen LogP contribution in [0.15, 0.2) is 24.5 Å². The van der Waals surface area contributed by atoms with Crippen molar-refractivity contribution in [3.8, 4) is 0 Å². The fourth-order valence-electron chi connectivity index (χ4n) is 1.23. The molecule has 0 aliphatic carbocycles. The quantitative estimate of drug-likeness (QED) is 0.465. The maximum absolute atomic E-state index is 11.5. The Morgan fingerprint density at radius 3 is 2.21 bits per heavy atom. The predicted octanol–water partition coefficient (Wildman–Crippen LogP) is 0.918. The Balaban J connectivity index is 1.95. The van der Waals surface area contributed by atoms with E-state index in [1.165, 1.54) is 0 Å². The van der Waals surface area contributed by atoms with Crippen LogP contribution in [0.4, 0.5) is 0 Å². The normalized spacial score (nSPS) is 10.4. The third-order valence-electron chi connectivity index (χ3n) is 2.18. The van der Waals surface area contributed by atoms with Gasteiger partial charge in [-0.05, 0) is 12.1 Å². The first kappa shape index (κ1) is 15.6. The number of pyridine rings is 1. The van der Waals surface area contributed by atoms with E-state index in [-0.39, 0.29) is 12.6 Å². The van der Waals surface area contributed by atoms with Crippen molar-refractivity contribution >= 4 is 5.97 Å². The van der Waals surface area contributed by atoms with Crippen LogP contribution >= 0.6 is 0 Å². The summed E-state index contributed by atoms with van der Waals surface area (Å²) in [6, 6.07) is 3.21. The van der Waals surface area contributed by atoms with E-state index in [9.17, 15) is 4.79 Å². The highest BCUT2D eigenvalue weighted by Gasteiger charge is 2.05. The van der Waals surface area contributed by atoms with Gasteiger partial charge in [0.25, 0.3) is 0 Å². The van der Waals surface area contributed by atoms with Crippen LogP contribution in [0.2, 0.25) is 0 Å². The van der Waals surface area contributed by atoms with Gasteiger partial charge in [-0.15, -0.1) is 0 Å². The minimum atomic E-state index is -0.373. The molecule has 106 valence electrons. The van der Waals surface area contributed by atoms with Gasteiger partial charge in [-0.25, -0.2) is 4.79 Å². The first-order valence-corrected chi connectivity index (χ1v) is 6.06. The molecule has 0 saturated carbocycles. The first-order valence-electron chi connectivity index (χ1n) is 6.06. The van der Waals surface area contributed by atoms with Crippen LogP contribution in [0.1, 0.15) is 10.4 Å². The lowest BCUT2D eigenvalue weighted by atomic mass is 10.3. The summed E-state index contributed by atoms with van der Waals surface area (Å²) in [5.41, 5.74) is 0.484. The zero-order valence-electron chi connectivity index (χ0n) is 11.0. The summed E-state index contributed by atoms with van der Waals surface area (Å²) < 4.78 is 20.3. The highest BCUT2D eigenvalue weighted by Crippen LogP contribution is 1.98. The number of hydrogen-bond donors (Lipinski definition) is 0. The number of nitrogens with zero attached hydrogens (tertiary/aromatic N) is 1. The molecule has 0 saturated heterocycles. The fourth-order valence-corrected chi connectivity index (χ4v) is 1.23. The molecule has 1 rings (SSSR count). The standard InChI is InChI=1S/C13H19NO5/c1-16-6-7-17-8-9-18-10-11-19-13(15)12-2-4-14-5-3-12/h2-5H,6-11H2,1H3. The molecule has 0 bridgehead atoms. The zero-order valence-corrected chi connectivity index (χ0v) is 11.0. The number of esters is 1. The van der Waals surface area contributed by atoms with Crippen LogP contribution in [0.5, 0.6) is 0 Å². The smallest absolute Gasteiger partial charge is 0.338 e. The molecule has 0 aliphatic heterocycles. The molecule has 0 aromatic carbocycles. The minimum Gasteiger partial charge on any atom is -0.460 e. The Morgan fingerprint density at radius 1 is 1.00 bits per heavy atom. The van der Waals surface area contributed by atoms with E-state index in [1.54, 1.807) is 31.6 Å². The van der Waals surface area contributed by atoms with Crippen LogP contribution < -0.4 is 0 Å². The molecule has 0 radical (unpaired) electrons. The Labute approximate surface area is 112 Å². The van der Waals surface area contributed by atoms with Crippen molar-refractivity contribution in [3.05, 3.63) is 30.1 Å². The highest BCUT2D eigenvalue weighted by molar-refractivity contribution is 5.89. The van der Waals surface area contributed by atoms with Crippen LogP contribution in [0.3, 0.4) is 0 Å². The number of rotatable bonds is 10. The zero-order chi connectivity index (χ0) is 13.8. The molecule has 6 heteroatoms. The predicted molar refractivity (Wildman–Crippen MR) is 68.0 cm³/mol. The molecule has 0 fully saturated rings. The van der Waals surface area contributed by atoms with E-state index in [0.717, 1.165) is 0 Å². The number of ether oxygens (including phenoxy) is 4. The molecule has 1 heterocycles. The van der Waals surface area contributed by atoms with Gasteiger partial charge >= 0.3 is 5.97 Å². The van der Waals surface area contributed by atoms with Crippen LogP contribution in [-0.2, 0) is 18.9 Å². The molecule has 6 nitrogen and oxygen atoms in total. The van der Waals surface area contributed by atoms with Gasteiger partial charge in [-0.3, -0.25) is 4.98 Å². The van der Waals surface area contributed by atoms with Crippen molar-refractivity contribution in [3.63, 3.8) is 0 Å². The number of methoxy groups -OCH3 is 1. The van der Waals surface area contributed by atoms with Gasteiger partial charge in [0.2, 0.25) is 0 Å². The summed E-state index contributed by atoms with van der Waals surface area (Å²) in [5.74, 6) is -0.373. The van der Waals surface area contributed by atoms with Crippen molar-refractivity contribution < 1.29 is 23.7 Å². The van der Waals surface area contributed by atoms with Gasteiger partial charge in [0.15, 0.2) is 0 Å². The lowest BCUT2D eigenvalue weighted by Gasteiger charge is -2.06. The van der Waals surface area contributed by atoms with E-state index in [1.807, 2.05) is 0 Å². The average Bonchev–Trinajstić information content (AvgIpc) is 2.46. The molecular weight excluding hydrogens is 250 g/mol. The van der Waals surface area contributed by atoms with Gasteiger partial charge in [-0.1, -0.05) is 0 Å². The van der Waals surface area contributed by atoms with E-state index in [2.05, 4.69) is 4.98 Å². The summed E-state index contributed by atoms with van der Waals surface area (Å²) in [4.78, 5) is 15.3. The number of carbonyl (C=O) groups excluding carboxylic acids is 1. The number of aromatic nitrogens is 1. The highest BCUT2D eigenvalue weighted by atomic mass is 16.6. The second-order valence-electron chi connectivity index (χ2n) is 3.59. The Hall–Kier alpha value is -1.50. The maximum atomic E-state index is 11.5. The monoisotopic (exact) mass is 269 g/mol. The molecule has 0 amide bonds. The topological polar surface area (TPSA) is 66.9 Å². The largest absolute Gasteiger partial charge is 0.460 e. The van der Waals surface area contributed by atoms with Gasteiger partial charge in [0.05, 0.1) is 38.6 Å². The van der Waals surface area contributed by atoms with Gasteiger partial charge < -0.3 is 18.9 Å². The molecule has 1 aromatic rings. The van der Waals surface area contributed by atoms with Gasteiger partial charge in [-0.2, -0.15) is 0 Å². The summed E-state index contributed by atoms with van der Waals surface area (Å²) in [6.45, 7) is 2.67. The second kappa shape index (κ2) is 10.4. The molecule has 0 atom stereocenters. The SMILES string of the molecule is COCCOCCOCCOC(=O)c1ccncc1. The third-order valence-corrected chi connectivity index (χ3v) is 2.18. The van der Waals surface area contributed by atoms with E-state index < -0.39 is 0 Å². The summed E-state index contributed by atoms with van der Waals surface area (Å²) >= 11 is 0. The third kappa shape index (κ3) is 7.50. The maximum Gasteiger partial charge on any atom is 0.338 e. The van der Waals surface area contributed by atoms with Crippen LogP contribution in [-0.4, -0.2) is 57.7 Å². The molecule has 1 aromatic heterocycles. The lowest BCUT2D eigenvalue weighted by Crippen LogP contribution is -2.13. The van der Waals surface area contributed by atoms with Crippen molar-refractivity contribution in [1.29, 1.82) is 0 Å². The second-order valence-corrected chi connectivity index (χ2v) is 3.59. The average molecular weight is 269 g/mol. The van der Waals surface area contributed by atoms with Crippen molar-refractivity contribution in [1.82, 2.24) is 4.98 Å². The summed E-state index contributed by atoms with van der Waals surface area (Å²) in [6.07, 6.45) is 3.09. The first-order chi connectivity index (χ1) is 9.34. The Morgan fingerprint density at radius 2 is 1.58 bits per heavy atom. The summed E-state index contributed by atoms with van der Waals surface area (Å²) in [5, 5.41) is 0. The fraction of sp³-hybridized carbons (Fsp3) is 0.538. The van der Waals surface area contributed by atoms with Crippen LogP contribution in [0.25, 0.3) is 0 Å². The lowest BCUT2D eigenvalue weighted by molar-refractivity contribution is 0.00570. The molecule has 0 unspecified atom stereocenters. The molecule has 19 heavy (non-hydrogen) atoms. The van der Waals surface area contributed by atoms with Crippen LogP contribution in [0, 0.1) is 0 Å². The summed E-state index contributed by atoms with van der Waals surface area (Å²) in [7, 11) is 1.62. The number of carbonyl (C=O) groups is 1. The molecule has 0 spiro atoms. The Bertz CT molecular complexity index is 344. The minimum absolute atomic E-state index is 0.221. The van der Waals surface area contributed by atoms with E-state index >= 15 is 0 Å².